The third-order valence-electron chi connectivity index (χ3n) is 5.94. The van der Waals surface area contributed by atoms with Crippen LogP contribution in [-0.4, -0.2) is 72.3 Å². The fourth-order valence-electron chi connectivity index (χ4n) is 4.02. The molecule has 3 rings (SSSR count). The van der Waals surface area contributed by atoms with Crippen molar-refractivity contribution in [3.8, 4) is 17.6 Å². The van der Waals surface area contributed by atoms with Crippen LogP contribution in [0, 0.1) is 17.2 Å². The Morgan fingerprint density at radius 1 is 1.31 bits per heavy atom. The molecule has 7 nitrogen and oxygen atoms in total. The van der Waals surface area contributed by atoms with Gasteiger partial charge in [-0.05, 0) is 70.8 Å². The Morgan fingerprint density at radius 2 is 2.07 bits per heavy atom. The molecule has 1 saturated heterocycles. The smallest absolute Gasteiger partial charge is 0.163 e. The summed E-state index contributed by atoms with van der Waals surface area (Å²) in [6.45, 7) is 7.59. The number of rotatable bonds is 8. The van der Waals surface area contributed by atoms with Gasteiger partial charge in [-0.2, -0.15) is 5.26 Å². The van der Waals surface area contributed by atoms with Crippen molar-refractivity contribution < 1.29 is 19.7 Å². The molecular formula is C22H33N3O4. The van der Waals surface area contributed by atoms with Crippen LogP contribution in [0.25, 0.3) is 0 Å². The number of benzene rings is 1. The molecule has 0 aromatic heterocycles. The van der Waals surface area contributed by atoms with E-state index in [0.717, 1.165) is 45.4 Å². The molecule has 0 spiro atoms. The molecule has 0 bridgehead atoms. The molecule has 29 heavy (non-hydrogen) atoms. The van der Waals surface area contributed by atoms with Crippen LogP contribution in [0.15, 0.2) is 18.2 Å². The minimum absolute atomic E-state index is 0.0215. The van der Waals surface area contributed by atoms with Crippen LogP contribution in [-0.2, 0) is 0 Å². The maximum absolute atomic E-state index is 10.0. The highest BCUT2D eigenvalue weighted by Gasteiger charge is 2.28. The van der Waals surface area contributed by atoms with E-state index in [4.69, 9.17) is 14.7 Å². The maximum Gasteiger partial charge on any atom is 0.163 e. The van der Waals surface area contributed by atoms with Crippen LogP contribution in [0.4, 0.5) is 0 Å². The first-order chi connectivity index (χ1) is 13.9. The van der Waals surface area contributed by atoms with Gasteiger partial charge < -0.3 is 25.0 Å². The minimum atomic E-state index is -0.924. The Hall–Kier alpha value is -1.85. The lowest BCUT2D eigenvalue weighted by molar-refractivity contribution is 0.0137. The van der Waals surface area contributed by atoms with E-state index in [9.17, 15) is 10.2 Å². The number of ether oxygens (including phenoxy) is 2. The fraction of sp³-hybridized carbons (Fsp3) is 0.682. The number of hydrogen-bond donors (Lipinski definition) is 3. The Balaban J connectivity index is 1.38. The van der Waals surface area contributed by atoms with Crippen molar-refractivity contribution in [1.29, 1.82) is 5.26 Å². The number of nitrogens with zero attached hydrogens (tertiary/aromatic N) is 2. The van der Waals surface area contributed by atoms with Gasteiger partial charge >= 0.3 is 0 Å². The van der Waals surface area contributed by atoms with E-state index in [1.54, 1.807) is 32.0 Å². The van der Waals surface area contributed by atoms with Gasteiger partial charge in [0.15, 0.2) is 11.5 Å². The van der Waals surface area contributed by atoms with Crippen LogP contribution in [0.5, 0.6) is 11.5 Å². The predicted molar refractivity (Wildman–Crippen MR) is 110 cm³/mol. The van der Waals surface area contributed by atoms with Gasteiger partial charge in [0.1, 0.15) is 12.7 Å². The topological polar surface area (TPSA) is 98.0 Å². The van der Waals surface area contributed by atoms with Crippen molar-refractivity contribution in [1.82, 2.24) is 10.2 Å². The predicted octanol–water partition coefficient (Wildman–Crippen LogP) is 1.52. The van der Waals surface area contributed by atoms with E-state index in [1.165, 1.54) is 0 Å². The van der Waals surface area contributed by atoms with E-state index in [-0.39, 0.29) is 18.8 Å². The average Bonchev–Trinajstić information content (AvgIpc) is 2.71. The zero-order valence-corrected chi connectivity index (χ0v) is 17.4. The third kappa shape index (κ3) is 6.06. The van der Waals surface area contributed by atoms with Crippen molar-refractivity contribution in [2.75, 3.05) is 39.4 Å². The quantitative estimate of drug-likeness (QED) is 0.605. The van der Waals surface area contributed by atoms with Gasteiger partial charge in [0.25, 0.3) is 0 Å². The average molecular weight is 404 g/mol. The fourth-order valence-corrected chi connectivity index (χ4v) is 4.02. The molecule has 2 aliphatic heterocycles. The number of fused-ring (bicyclic) bond motifs is 1. The zero-order valence-electron chi connectivity index (χ0n) is 17.4. The van der Waals surface area contributed by atoms with Crippen LogP contribution >= 0.6 is 0 Å². The lowest BCUT2D eigenvalue weighted by Gasteiger charge is -2.36. The van der Waals surface area contributed by atoms with Gasteiger partial charge in [-0.25, -0.2) is 0 Å². The number of aliphatic hydroxyl groups excluding tert-OH is 1. The first-order valence-corrected chi connectivity index (χ1v) is 10.5. The molecule has 2 heterocycles. The molecule has 1 fully saturated rings. The second-order valence-corrected chi connectivity index (χ2v) is 8.70. The van der Waals surface area contributed by atoms with Crippen molar-refractivity contribution in [3.05, 3.63) is 23.8 Å². The molecule has 2 aliphatic rings. The van der Waals surface area contributed by atoms with Gasteiger partial charge in [-0.3, -0.25) is 4.90 Å². The maximum atomic E-state index is 10.0. The number of nitriles is 1. The van der Waals surface area contributed by atoms with Gasteiger partial charge in [0.2, 0.25) is 0 Å². The van der Waals surface area contributed by atoms with Crippen molar-refractivity contribution >= 4 is 0 Å². The molecule has 0 unspecified atom stereocenters. The highest BCUT2D eigenvalue weighted by molar-refractivity contribution is 5.47. The molecule has 0 aliphatic carbocycles. The van der Waals surface area contributed by atoms with Crippen LogP contribution in [0.2, 0.25) is 0 Å². The minimum Gasteiger partial charge on any atom is -0.486 e. The van der Waals surface area contributed by atoms with Crippen molar-refractivity contribution in [2.45, 2.75) is 50.9 Å². The lowest BCUT2D eigenvalue weighted by Crippen LogP contribution is -2.50. The number of nitrogens with one attached hydrogen (secondary N) is 1. The van der Waals surface area contributed by atoms with Gasteiger partial charge in [-0.1, -0.05) is 0 Å². The van der Waals surface area contributed by atoms with E-state index in [1.807, 2.05) is 0 Å². The molecule has 0 radical (unpaired) electrons. The summed E-state index contributed by atoms with van der Waals surface area (Å²) in [4.78, 5) is 2.42. The summed E-state index contributed by atoms with van der Waals surface area (Å²) in [5, 5.41) is 31.8. The molecule has 160 valence electrons. The first-order valence-electron chi connectivity index (χ1n) is 10.5. The molecule has 7 heteroatoms. The summed E-state index contributed by atoms with van der Waals surface area (Å²) in [6.07, 6.45) is 3.30. The number of piperidine rings is 1. The second kappa shape index (κ2) is 9.77. The molecule has 0 amide bonds. The highest BCUT2D eigenvalue weighted by Crippen LogP contribution is 2.33. The monoisotopic (exact) mass is 403 g/mol. The summed E-state index contributed by atoms with van der Waals surface area (Å²) < 4.78 is 11.9. The molecule has 3 N–H and O–H groups in total. The first kappa shape index (κ1) is 21.8. The summed E-state index contributed by atoms with van der Waals surface area (Å²) in [6, 6.07) is 7.12. The second-order valence-electron chi connectivity index (χ2n) is 8.70. The normalized spacial score (nSPS) is 21.6. The van der Waals surface area contributed by atoms with Crippen LogP contribution in [0.3, 0.4) is 0 Å². The standard InChI is InChI=1S/C22H33N3O4/c1-22(2,27)21(14-26)24-8-5-16-6-9-25(10-7-16)13-18-15-28-19-4-3-17(12-23)11-20(19)29-18/h3-4,11,16,18,21,24,26-27H,5-10,13-15H2,1-2H3/t18-,21-/m0/s1. The largest absolute Gasteiger partial charge is 0.486 e. The third-order valence-corrected chi connectivity index (χ3v) is 5.94. The van der Waals surface area contributed by atoms with E-state index < -0.39 is 5.60 Å². The van der Waals surface area contributed by atoms with Crippen LogP contribution < -0.4 is 14.8 Å². The molecule has 1 aromatic rings. The Labute approximate surface area is 173 Å². The summed E-state index contributed by atoms with van der Waals surface area (Å²) in [7, 11) is 0. The molecular weight excluding hydrogens is 370 g/mol. The van der Waals surface area contributed by atoms with Gasteiger partial charge in [0.05, 0.1) is 29.9 Å². The Bertz CT molecular complexity index is 705. The van der Waals surface area contributed by atoms with Crippen molar-refractivity contribution in [2.24, 2.45) is 5.92 Å². The van der Waals surface area contributed by atoms with Gasteiger partial charge in [0, 0.05) is 12.6 Å². The zero-order chi connectivity index (χ0) is 20.9. The SMILES string of the molecule is CC(C)(O)[C@H](CO)NCCC1CCN(C[C@H]2COc3ccc(C#N)cc3O2)CC1. The molecule has 1 aromatic carbocycles. The summed E-state index contributed by atoms with van der Waals surface area (Å²) in [5.41, 5.74) is -0.345. The number of likely N-dealkylation sites (tertiary alicyclic amines) is 1. The number of aliphatic hydroxyl groups is 2. The Kier molecular flexibility index (Phi) is 7.36. The van der Waals surface area contributed by atoms with E-state index in [2.05, 4.69) is 16.3 Å². The lowest BCUT2D eigenvalue weighted by atomic mass is 9.92. The number of hydrogen-bond acceptors (Lipinski definition) is 7. The van der Waals surface area contributed by atoms with E-state index in [0.29, 0.717) is 29.6 Å². The Morgan fingerprint density at radius 3 is 2.72 bits per heavy atom. The van der Waals surface area contributed by atoms with Crippen LogP contribution in [0.1, 0.15) is 38.7 Å². The van der Waals surface area contributed by atoms with Crippen molar-refractivity contribution in [3.63, 3.8) is 0 Å². The molecule has 0 saturated carbocycles. The van der Waals surface area contributed by atoms with Gasteiger partial charge in [-0.15, -0.1) is 0 Å². The molecule has 2 atom stereocenters. The van der Waals surface area contributed by atoms with E-state index >= 15 is 0 Å². The summed E-state index contributed by atoms with van der Waals surface area (Å²) >= 11 is 0. The summed E-state index contributed by atoms with van der Waals surface area (Å²) in [5.74, 6) is 2.02. The highest BCUT2D eigenvalue weighted by atomic mass is 16.6.